The first-order chi connectivity index (χ1) is 7.20. The van der Waals surface area contributed by atoms with Gasteiger partial charge in [-0.15, -0.1) is 0 Å². The zero-order valence-corrected chi connectivity index (χ0v) is 9.90. The zero-order valence-electron chi connectivity index (χ0n) is 8.33. The Hall–Kier alpha value is -1.06. The maximum Gasteiger partial charge on any atom is 0.127 e. The largest absolute Gasteiger partial charge is 0.297 e. The first kappa shape index (κ1) is 10.5. The fourth-order valence-electron chi connectivity index (χ4n) is 1.41. The molecule has 0 amide bonds. The van der Waals surface area contributed by atoms with E-state index in [0.717, 1.165) is 27.5 Å². The van der Waals surface area contributed by atoms with Crippen molar-refractivity contribution < 1.29 is 0 Å². The highest BCUT2D eigenvalue weighted by Crippen LogP contribution is 2.14. The Kier molecular flexibility index (Phi) is 2.93. The Morgan fingerprint density at radius 1 is 1.33 bits per heavy atom. The van der Waals surface area contributed by atoms with Crippen LogP contribution in [0.2, 0.25) is 5.02 Å². The van der Waals surface area contributed by atoms with E-state index < -0.39 is 0 Å². The molecule has 0 saturated carbocycles. The van der Waals surface area contributed by atoms with Crippen LogP contribution in [0.15, 0.2) is 30.3 Å². The second-order valence-electron chi connectivity index (χ2n) is 3.28. The van der Waals surface area contributed by atoms with Crippen molar-refractivity contribution >= 4 is 23.8 Å². The molecule has 0 aliphatic carbocycles. The summed E-state index contributed by atoms with van der Waals surface area (Å²) in [5.41, 5.74) is 2.14. The van der Waals surface area contributed by atoms with Crippen molar-refractivity contribution in [3.63, 3.8) is 0 Å². The van der Waals surface area contributed by atoms with Crippen molar-refractivity contribution in [2.45, 2.75) is 13.3 Å². The van der Waals surface area contributed by atoms with Crippen molar-refractivity contribution in [1.29, 1.82) is 0 Å². The van der Waals surface area contributed by atoms with Gasteiger partial charge in [0.05, 0.1) is 5.69 Å². The highest BCUT2D eigenvalue weighted by molar-refractivity contribution is 7.71. The van der Waals surface area contributed by atoms with Crippen LogP contribution >= 0.6 is 23.8 Å². The van der Waals surface area contributed by atoms with Crippen LogP contribution in [-0.4, -0.2) is 9.78 Å². The Morgan fingerprint density at radius 2 is 2.00 bits per heavy atom. The summed E-state index contributed by atoms with van der Waals surface area (Å²) in [6.45, 7) is 2.09. The van der Waals surface area contributed by atoms with E-state index in [1.165, 1.54) is 0 Å². The number of hydrogen-bond acceptors (Lipinski definition) is 1. The molecular formula is C11H11ClN2S. The number of aromatic nitrogens is 2. The highest BCUT2D eigenvalue weighted by Gasteiger charge is 2.00. The summed E-state index contributed by atoms with van der Waals surface area (Å²) in [6.07, 6.45) is 0.949. The zero-order chi connectivity index (χ0) is 10.8. The van der Waals surface area contributed by atoms with Crippen LogP contribution in [0, 0.1) is 4.64 Å². The summed E-state index contributed by atoms with van der Waals surface area (Å²) >= 11 is 11.1. The smallest absolute Gasteiger partial charge is 0.127 e. The molecule has 78 valence electrons. The van der Waals surface area contributed by atoms with Gasteiger partial charge in [0.1, 0.15) is 4.64 Å². The van der Waals surface area contributed by atoms with E-state index in [1.54, 1.807) is 0 Å². The Bertz CT molecular complexity index is 510. The van der Waals surface area contributed by atoms with Crippen LogP contribution in [0.3, 0.4) is 0 Å². The number of hydrogen-bond donors (Lipinski definition) is 1. The van der Waals surface area contributed by atoms with Crippen LogP contribution in [0.1, 0.15) is 12.6 Å². The topological polar surface area (TPSA) is 20.7 Å². The van der Waals surface area contributed by atoms with Crippen LogP contribution in [0.25, 0.3) is 5.69 Å². The fourth-order valence-corrected chi connectivity index (χ4v) is 1.83. The standard InChI is InChI=1S/C11H11ClN2S/c1-2-9-7-11(15)14(13-9)10-5-3-8(12)4-6-10/h3-7,13H,2H2,1H3. The van der Waals surface area contributed by atoms with Crippen molar-refractivity contribution in [1.82, 2.24) is 9.78 Å². The molecule has 0 unspecified atom stereocenters. The summed E-state index contributed by atoms with van der Waals surface area (Å²) in [7, 11) is 0. The fraction of sp³-hybridized carbons (Fsp3) is 0.182. The number of rotatable bonds is 2. The molecule has 0 fully saturated rings. The van der Waals surface area contributed by atoms with Crippen LogP contribution < -0.4 is 0 Å². The van der Waals surface area contributed by atoms with Crippen LogP contribution in [0.5, 0.6) is 0 Å². The molecule has 0 radical (unpaired) electrons. The van der Waals surface area contributed by atoms with E-state index in [-0.39, 0.29) is 0 Å². The molecule has 0 aliphatic rings. The Labute approximate surface area is 98.5 Å². The van der Waals surface area contributed by atoms with Gasteiger partial charge < -0.3 is 0 Å². The van der Waals surface area contributed by atoms with Gasteiger partial charge in [-0.1, -0.05) is 30.7 Å². The molecular weight excluding hydrogens is 228 g/mol. The Morgan fingerprint density at radius 3 is 2.53 bits per heavy atom. The lowest BCUT2D eigenvalue weighted by Gasteiger charge is -2.02. The quantitative estimate of drug-likeness (QED) is 0.791. The molecule has 1 N–H and O–H groups in total. The van der Waals surface area contributed by atoms with Gasteiger partial charge in [0.25, 0.3) is 0 Å². The van der Waals surface area contributed by atoms with Crippen LogP contribution in [0.4, 0.5) is 0 Å². The van der Waals surface area contributed by atoms with Gasteiger partial charge >= 0.3 is 0 Å². The lowest BCUT2D eigenvalue weighted by molar-refractivity contribution is 0.833. The molecule has 0 spiro atoms. The molecule has 0 bridgehead atoms. The minimum Gasteiger partial charge on any atom is -0.297 e. The third-order valence-electron chi connectivity index (χ3n) is 2.24. The molecule has 1 aromatic heterocycles. The monoisotopic (exact) mass is 238 g/mol. The second-order valence-corrected chi connectivity index (χ2v) is 4.14. The molecule has 0 aliphatic heterocycles. The van der Waals surface area contributed by atoms with E-state index in [9.17, 15) is 0 Å². The summed E-state index contributed by atoms with van der Waals surface area (Å²) in [5.74, 6) is 0. The maximum atomic E-state index is 5.83. The summed E-state index contributed by atoms with van der Waals surface area (Å²) in [5, 5.41) is 3.97. The minimum atomic E-state index is 0.729. The third kappa shape index (κ3) is 2.13. The summed E-state index contributed by atoms with van der Waals surface area (Å²) < 4.78 is 2.67. The Balaban J connectivity index is 2.49. The number of aryl methyl sites for hydroxylation is 1. The molecule has 4 heteroatoms. The normalized spacial score (nSPS) is 10.5. The molecule has 15 heavy (non-hydrogen) atoms. The van der Waals surface area contributed by atoms with E-state index in [2.05, 4.69) is 12.0 Å². The first-order valence-corrected chi connectivity index (χ1v) is 5.56. The average Bonchev–Trinajstić information content (AvgIpc) is 2.61. The molecule has 1 aromatic carbocycles. The van der Waals surface area contributed by atoms with Gasteiger partial charge in [-0.25, -0.2) is 4.68 Å². The number of nitrogens with one attached hydrogen (secondary N) is 1. The average molecular weight is 239 g/mol. The predicted octanol–water partition coefficient (Wildman–Crippen LogP) is 3.75. The molecule has 0 atom stereocenters. The highest BCUT2D eigenvalue weighted by atomic mass is 35.5. The van der Waals surface area contributed by atoms with E-state index in [1.807, 2.05) is 35.0 Å². The number of H-pyrrole nitrogens is 1. The van der Waals surface area contributed by atoms with E-state index in [4.69, 9.17) is 23.8 Å². The van der Waals surface area contributed by atoms with Crippen molar-refractivity contribution in [3.05, 3.63) is 45.7 Å². The first-order valence-electron chi connectivity index (χ1n) is 4.77. The number of nitrogens with zero attached hydrogens (tertiary/aromatic N) is 1. The van der Waals surface area contributed by atoms with Crippen LogP contribution in [-0.2, 0) is 6.42 Å². The van der Waals surface area contributed by atoms with E-state index in [0.29, 0.717) is 0 Å². The molecule has 2 rings (SSSR count). The molecule has 0 saturated heterocycles. The third-order valence-corrected chi connectivity index (χ3v) is 2.79. The predicted molar refractivity (Wildman–Crippen MR) is 65.3 cm³/mol. The number of aromatic amines is 1. The van der Waals surface area contributed by atoms with Crippen molar-refractivity contribution in [2.75, 3.05) is 0 Å². The lowest BCUT2D eigenvalue weighted by Crippen LogP contribution is -1.96. The SMILES string of the molecule is CCc1cc(=S)n(-c2ccc(Cl)cc2)[nH]1. The summed E-state index contributed by atoms with van der Waals surface area (Å²) in [6, 6.07) is 9.56. The van der Waals surface area contributed by atoms with Crippen molar-refractivity contribution in [3.8, 4) is 5.69 Å². The molecule has 2 nitrogen and oxygen atoms in total. The number of halogens is 1. The second kappa shape index (κ2) is 4.21. The van der Waals surface area contributed by atoms with E-state index >= 15 is 0 Å². The molecule has 1 heterocycles. The van der Waals surface area contributed by atoms with Crippen molar-refractivity contribution in [2.24, 2.45) is 0 Å². The van der Waals surface area contributed by atoms with Gasteiger partial charge in [-0.3, -0.25) is 5.10 Å². The maximum absolute atomic E-state index is 5.83. The van der Waals surface area contributed by atoms with Gasteiger partial charge in [-0.2, -0.15) is 0 Å². The van der Waals surface area contributed by atoms with Gasteiger partial charge in [0.2, 0.25) is 0 Å². The van der Waals surface area contributed by atoms with Gasteiger partial charge in [-0.05, 0) is 36.8 Å². The number of benzene rings is 1. The lowest BCUT2D eigenvalue weighted by atomic mass is 10.3. The minimum absolute atomic E-state index is 0.729. The van der Waals surface area contributed by atoms with Gasteiger partial charge in [0.15, 0.2) is 0 Å². The summed E-state index contributed by atoms with van der Waals surface area (Å²) in [4.78, 5) is 0. The molecule has 2 aromatic rings. The van der Waals surface area contributed by atoms with Gasteiger partial charge in [0, 0.05) is 10.7 Å².